The second kappa shape index (κ2) is 11.6. The molecule has 2 aromatic carbocycles. The molecule has 0 radical (unpaired) electrons. The van der Waals surface area contributed by atoms with Crippen LogP contribution in [0, 0.1) is 11.8 Å². The minimum Gasteiger partial charge on any atom is -0.491 e. The number of anilines is 2. The van der Waals surface area contributed by atoms with Gasteiger partial charge in [0.15, 0.2) is 17.4 Å². The third kappa shape index (κ3) is 5.81. The van der Waals surface area contributed by atoms with Gasteiger partial charge in [0.05, 0.1) is 42.8 Å². The minimum atomic E-state index is 0.369. The number of nitrogens with zero attached hydrogens (tertiary/aromatic N) is 5. The van der Waals surface area contributed by atoms with E-state index in [4.69, 9.17) is 14.5 Å². The lowest BCUT2D eigenvalue weighted by Gasteiger charge is -2.15. The van der Waals surface area contributed by atoms with Gasteiger partial charge < -0.3 is 19.8 Å². The molecule has 0 aliphatic heterocycles. The van der Waals surface area contributed by atoms with Crippen molar-refractivity contribution < 1.29 is 9.47 Å². The van der Waals surface area contributed by atoms with E-state index in [2.05, 4.69) is 66.4 Å². The first-order valence-electron chi connectivity index (χ1n) is 12.1. The van der Waals surface area contributed by atoms with Crippen LogP contribution in [0.3, 0.4) is 0 Å². The summed E-state index contributed by atoms with van der Waals surface area (Å²) in [7, 11) is 5.35. The number of nitrogens with one attached hydrogen (secondary N) is 3. The van der Waals surface area contributed by atoms with Crippen LogP contribution in [0.1, 0.15) is 17.0 Å². The highest BCUT2D eigenvalue weighted by Gasteiger charge is 2.16. The highest BCUT2D eigenvalue weighted by atomic mass is 16.5. The standard InChI is InChI=1S/C28H28N8O2/c1-36(13-14-37-2)18-20-9-11-21-22(15-20)32-28(31-21)26-23(16-30-35-26)33-27-24(38-3)17-29-25(34-27)12-10-19-7-5-4-6-8-19/h4-9,11,15-17H,13-14,18H2,1-3H3,(H,30,35)(H,31,32)(H,29,33,34). The fourth-order valence-electron chi connectivity index (χ4n) is 3.92. The number of imidazole rings is 1. The number of methoxy groups -OCH3 is 2. The molecular formula is C28H28N8O2. The molecule has 0 spiro atoms. The average Bonchev–Trinajstić information content (AvgIpc) is 3.58. The molecule has 0 saturated heterocycles. The molecule has 0 saturated carbocycles. The molecule has 0 bridgehead atoms. The summed E-state index contributed by atoms with van der Waals surface area (Å²) in [5.41, 5.74) is 5.25. The molecule has 3 heterocycles. The molecule has 0 atom stereocenters. The van der Waals surface area contributed by atoms with Gasteiger partial charge in [0, 0.05) is 25.8 Å². The van der Waals surface area contributed by atoms with E-state index in [0.717, 1.165) is 29.7 Å². The van der Waals surface area contributed by atoms with Crippen LogP contribution in [-0.2, 0) is 11.3 Å². The summed E-state index contributed by atoms with van der Waals surface area (Å²) < 4.78 is 10.6. The Hall–Kier alpha value is -4.72. The van der Waals surface area contributed by atoms with E-state index in [-0.39, 0.29) is 0 Å². The Balaban J connectivity index is 1.39. The van der Waals surface area contributed by atoms with Crippen molar-refractivity contribution in [3.8, 4) is 29.1 Å². The molecule has 0 aliphatic rings. The zero-order valence-electron chi connectivity index (χ0n) is 21.4. The largest absolute Gasteiger partial charge is 0.491 e. The average molecular weight is 509 g/mol. The number of aromatic nitrogens is 6. The van der Waals surface area contributed by atoms with Crippen LogP contribution in [0.2, 0.25) is 0 Å². The van der Waals surface area contributed by atoms with Crippen LogP contribution in [0.15, 0.2) is 60.9 Å². The van der Waals surface area contributed by atoms with Gasteiger partial charge in [0.1, 0.15) is 5.69 Å². The van der Waals surface area contributed by atoms with Crippen molar-refractivity contribution in [2.45, 2.75) is 6.54 Å². The van der Waals surface area contributed by atoms with Crippen molar-refractivity contribution in [2.24, 2.45) is 0 Å². The first kappa shape index (κ1) is 25.0. The van der Waals surface area contributed by atoms with E-state index >= 15 is 0 Å². The molecule has 0 fully saturated rings. The maximum atomic E-state index is 5.47. The zero-order chi connectivity index (χ0) is 26.3. The van der Waals surface area contributed by atoms with Crippen LogP contribution in [-0.4, -0.2) is 69.5 Å². The topological polar surface area (TPSA) is 117 Å². The van der Waals surface area contributed by atoms with Crippen LogP contribution in [0.4, 0.5) is 11.5 Å². The molecule has 10 heteroatoms. The summed E-state index contributed by atoms with van der Waals surface area (Å²) >= 11 is 0. The van der Waals surface area contributed by atoms with Crippen LogP contribution in [0.25, 0.3) is 22.6 Å². The van der Waals surface area contributed by atoms with E-state index in [1.54, 1.807) is 26.6 Å². The maximum Gasteiger partial charge on any atom is 0.207 e. The van der Waals surface area contributed by atoms with Gasteiger partial charge in [-0.1, -0.05) is 30.2 Å². The molecule has 5 aromatic rings. The fourth-order valence-corrected chi connectivity index (χ4v) is 3.92. The van der Waals surface area contributed by atoms with E-state index in [1.165, 1.54) is 5.56 Å². The number of aromatic amines is 2. The summed E-state index contributed by atoms with van der Waals surface area (Å²) in [6.45, 7) is 2.37. The number of benzene rings is 2. The van der Waals surface area contributed by atoms with Gasteiger partial charge in [-0.3, -0.25) is 10.00 Å². The number of ether oxygens (including phenoxy) is 2. The quantitative estimate of drug-likeness (QED) is 0.256. The third-order valence-corrected chi connectivity index (χ3v) is 5.87. The summed E-state index contributed by atoms with van der Waals surface area (Å²) in [5.74, 6) is 8.06. The minimum absolute atomic E-state index is 0.369. The highest BCUT2D eigenvalue weighted by molar-refractivity contribution is 5.83. The highest BCUT2D eigenvalue weighted by Crippen LogP contribution is 2.31. The first-order valence-corrected chi connectivity index (χ1v) is 12.1. The number of rotatable bonds is 9. The number of fused-ring (bicyclic) bond motifs is 1. The molecule has 0 unspecified atom stereocenters. The van der Waals surface area contributed by atoms with Crippen molar-refractivity contribution in [2.75, 3.05) is 39.7 Å². The summed E-state index contributed by atoms with van der Waals surface area (Å²) in [5, 5.41) is 10.6. The first-order chi connectivity index (χ1) is 18.6. The van der Waals surface area contributed by atoms with Gasteiger partial charge in [0.2, 0.25) is 5.82 Å². The van der Waals surface area contributed by atoms with Gasteiger partial charge in [0.25, 0.3) is 0 Å². The number of hydrogen-bond donors (Lipinski definition) is 3. The molecule has 0 aliphatic carbocycles. The monoisotopic (exact) mass is 508 g/mol. The molecule has 192 valence electrons. The normalized spacial score (nSPS) is 10.9. The van der Waals surface area contributed by atoms with Crippen molar-refractivity contribution >= 4 is 22.5 Å². The van der Waals surface area contributed by atoms with Gasteiger partial charge in [-0.15, -0.1) is 0 Å². The SMILES string of the molecule is COCCN(C)Cc1ccc2nc(-c3[nH]ncc3Nc3nc(C#Cc4ccccc4)ncc3OC)[nH]c2c1. The Bertz CT molecular complexity index is 1580. The Kier molecular flexibility index (Phi) is 7.59. The molecule has 3 N–H and O–H groups in total. The summed E-state index contributed by atoms with van der Waals surface area (Å²) in [4.78, 5) is 19.3. The van der Waals surface area contributed by atoms with Crippen molar-refractivity contribution in [1.29, 1.82) is 0 Å². The second-order valence-electron chi connectivity index (χ2n) is 8.68. The molecule has 0 amide bonds. The van der Waals surface area contributed by atoms with E-state index in [0.29, 0.717) is 41.2 Å². The number of hydrogen-bond acceptors (Lipinski definition) is 8. The molecule has 10 nitrogen and oxygen atoms in total. The Morgan fingerprint density at radius 3 is 2.71 bits per heavy atom. The molecule has 5 rings (SSSR count). The van der Waals surface area contributed by atoms with Crippen LogP contribution < -0.4 is 10.1 Å². The van der Waals surface area contributed by atoms with Crippen LogP contribution in [0.5, 0.6) is 5.75 Å². The second-order valence-corrected chi connectivity index (χ2v) is 8.68. The zero-order valence-corrected chi connectivity index (χ0v) is 21.4. The Morgan fingerprint density at radius 2 is 1.89 bits per heavy atom. The Labute approximate surface area is 220 Å². The summed E-state index contributed by atoms with van der Waals surface area (Å²) in [6, 6.07) is 15.9. The van der Waals surface area contributed by atoms with Crippen molar-refractivity contribution in [1.82, 2.24) is 35.0 Å². The summed E-state index contributed by atoms with van der Waals surface area (Å²) in [6.07, 6.45) is 3.27. The lowest BCUT2D eigenvalue weighted by molar-refractivity contribution is 0.158. The number of likely N-dealkylation sites (N-methyl/N-ethyl adjacent to an activating group) is 1. The van der Waals surface area contributed by atoms with Crippen molar-refractivity contribution in [3.05, 3.63) is 77.9 Å². The van der Waals surface area contributed by atoms with E-state index in [9.17, 15) is 0 Å². The number of H-pyrrole nitrogens is 2. The molecular weight excluding hydrogens is 480 g/mol. The molecule has 38 heavy (non-hydrogen) atoms. The predicted molar refractivity (Wildman–Crippen MR) is 146 cm³/mol. The third-order valence-electron chi connectivity index (χ3n) is 5.87. The maximum absolute atomic E-state index is 5.47. The van der Waals surface area contributed by atoms with Gasteiger partial charge >= 0.3 is 0 Å². The molecule has 3 aromatic heterocycles. The Morgan fingerprint density at radius 1 is 1.03 bits per heavy atom. The van der Waals surface area contributed by atoms with Crippen molar-refractivity contribution in [3.63, 3.8) is 0 Å². The van der Waals surface area contributed by atoms with E-state index in [1.807, 2.05) is 36.4 Å². The lowest BCUT2D eigenvalue weighted by atomic mass is 10.2. The predicted octanol–water partition coefficient (Wildman–Crippen LogP) is 3.97. The van der Waals surface area contributed by atoms with Gasteiger partial charge in [-0.05, 0) is 42.8 Å². The van der Waals surface area contributed by atoms with E-state index < -0.39 is 0 Å². The lowest BCUT2D eigenvalue weighted by Crippen LogP contribution is -2.22. The van der Waals surface area contributed by atoms with Gasteiger partial charge in [-0.2, -0.15) is 10.1 Å². The van der Waals surface area contributed by atoms with Gasteiger partial charge in [-0.25, -0.2) is 9.97 Å². The fraction of sp³-hybridized carbons (Fsp3) is 0.214. The smallest absolute Gasteiger partial charge is 0.207 e. The van der Waals surface area contributed by atoms with Crippen LogP contribution >= 0.6 is 0 Å².